The number of furan rings is 1. The number of amides is 2. The number of hydrogen-bond donors (Lipinski definition) is 0. The van der Waals surface area contributed by atoms with Gasteiger partial charge in [-0.05, 0) is 41.3 Å². The Balaban J connectivity index is 1.69. The van der Waals surface area contributed by atoms with Crippen molar-refractivity contribution in [1.29, 1.82) is 0 Å². The summed E-state index contributed by atoms with van der Waals surface area (Å²) in [4.78, 5) is 28.9. The Bertz CT molecular complexity index is 964. The van der Waals surface area contributed by atoms with Gasteiger partial charge in [0.1, 0.15) is 5.76 Å². The van der Waals surface area contributed by atoms with E-state index in [1.54, 1.807) is 18.2 Å². The van der Waals surface area contributed by atoms with Crippen LogP contribution in [0.4, 0.5) is 5.69 Å². The number of carbonyl (C=O) groups is 2. The highest BCUT2D eigenvalue weighted by atomic mass is 16.3. The second-order valence-corrected chi connectivity index (χ2v) is 8.24. The van der Waals surface area contributed by atoms with Gasteiger partial charge in [-0.15, -0.1) is 0 Å². The number of rotatable bonds is 9. The smallest absolute Gasteiger partial charge is 0.227 e. The van der Waals surface area contributed by atoms with Crippen LogP contribution in [0.3, 0.4) is 0 Å². The molecule has 0 spiro atoms. The zero-order chi connectivity index (χ0) is 22.2. The van der Waals surface area contributed by atoms with E-state index in [1.165, 1.54) is 0 Å². The Morgan fingerprint density at radius 3 is 2.16 bits per heavy atom. The molecular formula is C26H30N2O3. The van der Waals surface area contributed by atoms with Crippen molar-refractivity contribution in [2.45, 2.75) is 39.8 Å². The Morgan fingerprint density at radius 1 is 0.839 bits per heavy atom. The van der Waals surface area contributed by atoms with Crippen molar-refractivity contribution < 1.29 is 14.0 Å². The minimum atomic E-state index is 0.0150. The lowest BCUT2D eigenvalue weighted by Crippen LogP contribution is -2.31. The predicted octanol–water partition coefficient (Wildman–Crippen LogP) is 5.06. The molecule has 0 bridgehead atoms. The minimum absolute atomic E-state index is 0.0150. The summed E-state index contributed by atoms with van der Waals surface area (Å²) in [5.74, 6) is 1.15. The molecular weight excluding hydrogens is 388 g/mol. The summed E-state index contributed by atoms with van der Waals surface area (Å²) < 4.78 is 5.31. The Morgan fingerprint density at radius 2 is 1.55 bits per heavy atom. The average Bonchev–Trinajstić information content (AvgIpc) is 3.26. The Hall–Kier alpha value is -3.34. The van der Waals surface area contributed by atoms with Crippen LogP contribution in [0.15, 0.2) is 77.4 Å². The molecule has 2 aromatic carbocycles. The first-order chi connectivity index (χ1) is 14.9. The lowest BCUT2D eigenvalue weighted by molar-refractivity contribution is -0.130. The minimum Gasteiger partial charge on any atom is -0.467 e. The quantitative estimate of drug-likeness (QED) is 0.488. The van der Waals surface area contributed by atoms with Gasteiger partial charge in [-0.25, -0.2) is 0 Å². The van der Waals surface area contributed by atoms with Crippen LogP contribution < -0.4 is 4.90 Å². The molecule has 5 heteroatoms. The van der Waals surface area contributed by atoms with E-state index in [4.69, 9.17) is 4.42 Å². The molecule has 0 N–H and O–H groups in total. The van der Waals surface area contributed by atoms with Gasteiger partial charge in [-0.3, -0.25) is 9.59 Å². The van der Waals surface area contributed by atoms with Gasteiger partial charge in [-0.1, -0.05) is 56.3 Å². The van der Waals surface area contributed by atoms with E-state index < -0.39 is 0 Å². The Kier molecular flexibility index (Phi) is 7.65. The highest BCUT2D eigenvalue weighted by Crippen LogP contribution is 2.21. The maximum atomic E-state index is 12.9. The van der Waals surface area contributed by atoms with E-state index in [9.17, 15) is 9.59 Å². The zero-order valence-electron chi connectivity index (χ0n) is 18.5. The number of likely N-dealkylation sites (N-methyl/N-ethyl adjacent to an activating group) is 1. The maximum Gasteiger partial charge on any atom is 0.227 e. The fourth-order valence-corrected chi connectivity index (χ4v) is 3.38. The zero-order valence-corrected chi connectivity index (χ0v) is 18.5. The first-order valence-electron chi connectivity index (χ1n) is 10.6. The van der Waals surface area contributed by atoms with Gasteiger partial charge in [0.2, 0.25) is 11.8 Å². The molecule has 1 heterocycles. The highest BCUT2D eigenvalue weighted by molar-refractivity contribution is 5.93. The van der Waals surface area contributed by atoms with Crippen molar-refractivity contribution in [3.63, 3.8) is 0 Å². The summed E-state index contributed by atoms with van der Waals surface area (Å²) in [5, 5.41) is 0. The molecule has 0 unspecified atom stereocenters. The summed E-state index contributed by atoms with van der Waals surface area (Å²) in [6, 6.07) is 21.4. The molecule has 0 saturated heterocycles. The number of carbonyl (C=O) groups excluding carboxylic acids is 2. The van der Waals surface area contributed by atoms with Crippen LogP contribution >= 0.6 is 0 Å². The van der Waals surface area contributed by atoms with Crippen molar-refractivity contribution in [2.24, 2.45) is 5.92 Å². The van der Waals surface area contributed by atoms with E-state index in [0.717, 1.165) is 22.6 Å². The predicted molar refractivity (Wildman–Crippen MR) is 122 cm³/mol. The fourth-order valence-electron chi connectivity index (χ4n) is 3.38. The number of benzene rings is 2. The normalized spacial score (nSPS) is 10.8. The van der Waals surface area contributed by atoms with Gasteiger partial charge in [-0.2, -0.15) is 0 Å². The molecule has 5 nitrogen and oxygen atoms in total. The van der Waals surface area contributed by atoms with Crippen LogP contribution in [0.1, 0.15) is 37.2 Å². The van der Waals surface area contributed by atoms with Gasteiger partial charge < -0.3 is 14.2 Å². The van der Waals surface area contributed by atoms with Gasteiger partial charge in [0.15, 0.2) is 0 Å². The average molecular weight is 419 g/mol. The molecule has 0 saturated carbocycles. The van der Waals surface area contributed by atoms with Crippen molar-refractivity contribution in [3.8, 4) is 0 Å². The summed E-state index contributed by atoms with van der Waals surface area (Å²) in [6.45, 7) is 5.06. The van der Waals surface area contributed by atoms with E-state index in [-0.39, 0.29) is 17.7 Å². The topological polar surface area (TPSA) is 53.8 Å². The molecule has 3 rings (SSSR count). The molecule has 0 atom stereocenters. The Labute approximate surface area is 184 Å². The first kappa shape index (κ1) is 22.3. The molecule has 0 aliphatic heterocycles. The van der Waals surface area contributed by atoms with Crippen LogP contribution in [0, 0.1) is 5.92 Å². The molecule has 2 amide bonds. The summed E-state index contributed by atoms with van der Waals surface area (Å²) in [7, 11) is 1.77. The van der Waals surface area contributed by atoms with Crippen molar-refractivity contribution in [2.75, 3.05) is 11.9 Å². The van der Waals surface area contributed by atoms with Gasteiger partial charge in [0, 0.05) is 19.2 Å². The molecule has 0 aliphatic rings. The number of hydrogen-bond acceptors (Lipinski definition) is 3. The monoisotopic (exact) mass is 418 g/mol. The van der Waals surface area contributed by atoms with Gasteiger partial charge in [0.25, 0.3) is 0 Å². The van der Waals surface area contributed by atoms with Crippen LogP contribution in [0.2, 0.25) is 0 Å². The van der Waals surface area contributed by atoms with Crippen molar-refractivity contribution in [1.82, 2.24) is 4.90 Å². The largest absolute Gasteiger partial charge is 0.467 e. The molecule has 1 aromatic heterocycles. The van der Waals surface area contributed by atoms with Gasteiger partial charge >= 0.3 is 0 Å². The molecule has 3 aromatic rings. The standard InChI is InChI=1S/C26H30N2O3/c1-20(2)16-26(30)28(18-22-8-5-4-6-9-22)23-13-11-21(12-14-23)17-25(29)27(3)19-24-10-7-15-31-24/h4-15,20H,16-19H2,1-3H3. The molecule has 31 heavy (non-hydrogen) atoms. The number of nitrogens with zero attached hydrogens (tertiary/aromatic N) is 2. The third-order valence-corrected chi connectivity index (χ3v) is 5.07. The molecule has 0 aliphatic carbocycles. The van der Waals surface area contributed by atoms with E-state index >= 15 is 0 Å². The third-order valence-electron chi connectivity index (χ3n) is 5.07. The van der Waals surface area contributed by atoms with Crippen molar-refractivity contribution in [3.05, 3.63) is 89.9 Å². The van der Waals surface area contributed by atoms with E-state index in [1.807, 2.05) is 85.5 Å². The molecule has 0 radical (unpaired) electrons. The first-order valence-corrected chi connectivity index (χ1v) is 10.6. The second-order valence-electron chi connectivity index (χ2n) is 8.24. The van der Waals surface area contributed by atoms with Gasteiger partial charge in [0.05, 0.1) is 25.8 Å². The fraction of sp³-hybridized carbons (Fsp3) is 0.308. The maximum absolute atomic E-state index is 12.9. The van der Waals surface area contributed by atoms with E-state index in [2.05, 4.69) is 0 Å². The summed E-state index contributed by atoms with van der Waals surface area (Å²) >= 11 is 0. The van der Waals surface area contributed by atoms with Crippen LogP contribution in [-0.2, 0) is 29.1 Å². The van der Waals surface area contributed by atoms with Crippen LogP contribution in [0.25, 0.3) is 0 Å². The second kappa shape index (κ2) is 10.6. The van der Waals surface area contributed by atoms with Crippen LogP contribution in [0.5, 0.6) is 0 Å². The lowest BCUT2D eigenvalue weighted by atomic mass is 10.1. The molecule has 0 fully saturated rings. The van der Waals surface area contributed by atoms with Crippen molar-refractivity contribution >= 4 is 17.5 Å². The summed E-state index contributed by atoms with van der Waals surface area (Å²) in [6.07, 6.45) is 2.40. The molecule has 162 valence electrons. The lowest BCUT2D eigenvalue weighted by Gasteiger charge is -2.24. The third kappa shape index (κ3) is 6.57. The number of anilines is 1. The highest BCUT2D eigenvalue weighted by Gasteiger charge is 2.18. The summed E-state index contributed by atoms with van der Waals surface area (Å²) in [5.41, 5.74) is 2.84. The van der Waals surface area contributed by atoms with E-state index in [0.29, 0.717) is 25.9 Å². The SMILES string of the molecule is CC(C)CC(=O)N(Cc1ccccc1)c1ccc(CC(=O)N(C)Cc2ccco2)cc1. The van der Waals surface area contributed by atoms with Crippen LogP contribution in [-0.4, -0.2) is 23.8 Å².